The Labute approximate surface area is 142 Å². The molecule has 5 nitrogen and oxygen atoms in total. The number of anilines is 1. The van der Waals surface area contributed by atoms with Crippen LogP contribution in [0.3, 0.4) is 0 Å². The zero-order valence-electron chi connectivity index (χ0n) is 14.3. The molecule has 2 aliphatic heterocycles. The van der Waals surface area contributed by atoms with Gasteiger partial charge in [-0.25, -0.2) is 4.39 Å². The zero-order valence-corrected chi connectivity index (χ0v) is 14.3. The summed E-state index contributed by atoms with van der Waals surface area (Å²) in [5, 5.41) is 0. The number of likely N-dealkylation sites (tertiary alicyclic amines) is 1. The second-order valence-corrected chi connectivity index (χ2v) is 7.01. The van der Waals surface area contributed by atoms with E-state index in [1.165, 1.54) is 6.20 Å². The standard InChI is InChI=1S/C18H26FN3O2/c1-24-11-3-10-22-14-18(7-4-17(22)23)6-2-9-21(13-18)16-5-8-20-12-15(16)19/h5,8,12H,2-4,6-7,9-11,13-14H2,1H3/t18-/m1/s1. The van der Waals surface area contributed by atoms with E-state index in [0.717, 1.165) is 51.9 Å². The highest BCUT2D eigenvalue weighted by molar-refractivity contribution is 5.77. The summed E-state index contributed by atoms with van der Waals surface area (Å²) in [6.45, 7) is 3.87. The lowest BCUT2D eigenvalue weighted by Crippen LogP contribution is -2.54. The van der Waals surface area contributed by atoms with E-state index < -0.39 is 0 Å². The number of rotatable bonds is 5. The Morgan fingerprint density at radius 2 is 2.25 bits per heavy atom. The van der Waals surface area contributed by atoms with Gasteiger partial charge in [0.25, 0.3) is 0 Å². The maximum atomic E-state index is 14.1. The molecule has 1 aromatic heterocycles. The highest BCUT2D eigenvalue weighted by Crippen LogP contribution is 2.40. The van der Waals surface area contributed by atoms with Crippen LogP contribution in [-0.2, 0) is 9.53 Å². The summed E-state index contributed by atoms with van der Waals surface area (Å²) in [6, 6.07) is 1.75. The van der Waals surface area contributed by atoms with Crippen molar-refractivity contribution in [2.24, 2.45) is 5.41 Å². The van der Waals surface area contributed by atoms with Crippen molar-refractivity contribution in [3.05, 3.63) is 24.3 Å². The first-order chi connectivity index (χ1) is 11.6. The summed E-state index contributed by atoms with van der Waals surface area (Å²) in [4.78, 5) is 20.2. The van der Waals surface area contributed by atoms with Crippen molar-refractivity contribution < 1.29 is 13.9 Å². The van der Waals surface area contributed by atoms with Gasteiger partial charge in [0.05, 0.1) is 11.9 Å². The van der Waals surface area contributed by atoms with Crippen molar-refractivity contribution in [2.45, 2.75) is 32.1 Å². The van der Waals surface area contributed by atoms with Crippen molar-refractivity contribution in [3.8, 4) is 0 Å². The molecule has 3 heterocycles. The van der Waals surface area contributed by atoms with Crippen LogP contribution >= 0.6 is 0 Å². The summed E-state index contributed by atoms with van der Waals surface area (Å²) in [5.41, 5.74) is 0.710. The summed E-state index contributed by atoms with van der Waals surface area (Å²) in [5.74, 6) is -0.0256. The number of carbonyl (C=O) groups is 1. The Kier molecular flexibility index (Phi) is 5.33. The molecule has 0 aromatic carbocycles. The number of amides is 1. The fourth-order valence-corrected chi connectivity index (χ4v) is 4.08. The van der Waals surface area contributed by atoms with Gasteiger partial charge in [0.15, 0.2) is 5.82 Å². The summed E-state index contributed by atoms with van der Waals surface area (Å²) in [7, 11) is 1.68. The number of hydrogen-bond acceptors (Lipinski definition) is 4. The molecule has 1 amide bonds. The number of ether oxygens (including phenoxy) is 1. The molecule has 1 atom stereocenters. The Morgan fingerprint density at radius 3 is 3.04 bits per heavy atom. The number of piperidine rings is 2. The minimum atomic E-state index is -0.265. The van der Waals surface area contributed by atoms with Crippen LogP contribution in [0.15, 0.2) is 18.5 Å². The van der Waals surface area contributed by atoms with E-state index in [1.807, 2.05) is 4.90 Å². The largest absolute Gasteiger partial charge is 0.385 e. The van der Waals surface area contributed by atoms with Crippen molar-refractivity contribution in [2.75, 3.05) is 44.8 Å². The van der Waals surface area contributed by atoms with Gasteiger partial charge in [-0.1, -0.05) is 0 Å². The highest BCUT2D eigenvalue weighted by Gasteiger charge is 2.41. The van der Waals surface area contributed by atoms with Gasteiger partial charge in [-0.05, 0) is 31.7 Å². The Balaban J connectivity index is 1.70. The van der Waals surface area contributed by atoms with Gasteiger partial charge in [-0.3, -0.25) is 9.78 Å². The predicted octanol–water partition coefficient (Wildman–Crippen LogP) is 2.47. The molecular formula is C18H26FN3O2. The van der Waals surface area contributed by atoms with Crippen LogP contribution in [0.5, 0.6) is 0 Å². The minimum Gasteiger partial charge on any atom is -0.385 e. The monoisotopic (exact) mass is 335 g/mol. The molecule has 0 bridgehead atoms. The molecule has 0 unspecified atom stereocenters. The Hall–Kier alpha value is -1.69. The van der Waals surface area contributed by atoms with Crippen LogP contribution < -0.4 is 4.90 Å². The first kappa shape index (κ1) is 17.1. The lowest BCUT2D eigenvalue weighted by Gasteiger charge is -2.49. The normalized spacial score (nSPS) is 24.7. The molecule has 3 rings (SSSR count). The first-order valence-electron chi connectivity index (χ1n) is 8.75. The summed E-state index contributed by atoms with van der Waals surface area (Å²) in [6.07, 6.45) is 7.40. The predicted molar refractivity (Wildman–Crippen MR) is 90.4 cm³/mol. The molecule has 0 saturated carbocycles. The van der Waals surface area contributed by atoms with E-state index in [2.05, 4.69) is 9.88 Å². The van der Waals surface area contributed by atoms with Crippen molar-refractivity contribution in [1.29, 1.82) is 0 Å². The number of halogens is 1. The number of pyridine rings is 1. The topological polar surface area (TPSA) is 45.7 Å². The second kappa shape index (κ2) is 7.47. The molecule has 2 saturated heterocycles. The number of carbonyl (C=O) groups excluding carboxylic acids is 1. The van der Waals surface area contributed by atoms with E-state index in [0.29, 0.717) is 18.7 Å². The number of methoxy groups -OCH3 is 1. The molecule has 24 heavy (non-hydrogen) atoms. The third-order valence-corrected chi connectivity index (χ3v) is 5.28. The third kappa shape index (κ3) is 3.69. The molecule has 1 aromatic rings. The van der Waals surface area contributed by atoms with Crippen molar-refractivity contribution in [3.63, 3.8) is 0 Å². The van der Waals surface area contributed by atoms with Crippen LogP contribution in [0, 0.1) is 11.2 Å². The average molecular weight is 335 g/mol. The lowest BCUT2D eigenvalue weighted by molar-refractivity contribution is -0.138. The maximum absolute atomic E-state index is 14.1. The van der Waals surface area contributed by atoms with Crippen molar-refractivity contribution in [1.82, 2.24) is 9.88 Å². The smallest absolute Gasteiger partial charge is 0.222 e. The highest BCUT2D eigenvalue weighted by atomic mass is 19.1. The molecular weight excluding hydrogens is 309 g/mol. The zero-order chi connectivity index (χ0) is 17.0. The average Bonchev–Trinajstić information content (AvgIpc) is 2.59. The summed E-state index contributed by atoms with van der Waals surface area (Å²) < 4.78 is 19.2. The molecule has 2 aliphatic rings. The maximum Gasteiger partial charge on any atom is 0.222 e. The number of nitrogens with zero attached hydrogens (tertiary/aromatic N) is 3. The van der Waals surface area contributed by atoms with Crippen LogP contribution in [-0.4, -0.2) is 55.7 Å². The fourth-order valence-electron chi connectivity index (χ4n) is 4.08. The quantitative estimate of drug-likeness (QED) is 0.776. The van der Waals surface area contributed by atoms with Crippen LogP contribution in [0.25, 0.3) is 0 Å². The van der Waals surface area contributed by atoms with E-state index in [4.69, 9.17) is 4.74 Å². The van der Waals surface area contributed by atoms with Gasteiger partial charge >= 0.3 is 0 Å². The van der Waals surface area contributed by atoms with E-state index >= 15 is 0 Å². The van der Waals surface area contributed by atoms with E-state index in [-0.39, 0.29) is 17.1 Å². The van der Waals surface area contributed by atoms with Gasteiger partial charge in [-0.2, -0.15) is 0 Å². The van der Waals surface area contributed by atoms with Gasteiger partial charge in [0, 0.05) is 57.9 Å². The Morgan fingerprint density at radius 1 is 1.38 bits per heavy atom. The molecule has 0 N–H and O–H groups in total. The minimum absolute atomic E-state index is 0.0783. The SMILES string of the molecule is COCCCN1C[C@]2(CCCN(c3ccncc3F)C2)CCC1=O. The second-order valence-electron chi connectivity index (χ2n) is 7.01. The first-order valence-corrected chi connectivity index (χ1v) is 8.75. The Bertz CT molecular complexity index is 583. The van der Waals surface area contributed by atoms with E-state index in [9.17, 15) is 9.18 Å². The molecule has 0 radical (unpaired) electrons. The van der Waals surface area contributed by atoms with Crippen LogP contribution in [0.4, 0.5) is 10.1 Å². The molecule has 1 spiro atoms. The fraction of sp³-hybridized carbons (Fsp3) is 0.667. The van der Waals surface area contributed by atoms with Gasteiger partial charge in [0.1, 0.15) is 0 Å². The molecule has 6 heteroatoms. The molecule has 2 fully saturated rings. The molecule has 132 valence electrons. The number of hydrogen-bond donors (Lipinski definition) is 0. The van der Waals surface area contributed by atoms with E-state index in [1.54, 1.807) is 19.4 Å². The van der Waals surface area contributed by atoms with Crippen LogP contribution in [0.1, 0.15) is 32.1 Å². The molecule has 0 aliphatic carbocycles. The third-order valence-electron chi connectivity index (χ3n) is 5.28. The lowest BCUT2D eigenvalue weighted by atomic mass is 9.73. The van der Waals surface area contributed by atoms with Crippen LogP contribution in [0.2, 0.25) is 0 Å². The van der Waals surface area contributed by atoms with Gasteiger partial charge < -0.3 is 14.5 Å². The van der Waals surface area contributed by atoms with Gasteiger partial charge in [-0.15, -0.1) is 0 Å². The van der Waals surface area contributed by atoms with Crippen molar-refractivity contribution >= 4 is 11.6 Å². The van der Waals surface area contributed by atoms with Gasteiger partial charge in [0.2, 0.25) is 5.91 Å². The number of aromatic nitrogens is 1. The summed E-state index contributed by atoms with van der Waals surface area (Å²) >= 11 is 0.